The van der Waals surface area contributed by atoms with Gasteiger partial charge in [-0.3, -0.25) is 4.72 Å². The summed E-state index contributed by atoms with van der Waals surface area (Å²) < 4.78 is 27.8. The van der Waals surface area contributed by atoms with Crippen molar-refractivity contribution in [3.05, 3.63) is 45.1 Å². The van der Waals surface area contributed by atoms with Crippen LogP contribution in [0.3, 0.4) is 0 Å². The molecule has 2 rings (SSSR count). The first-order valence-electron chi connectivity index (χ1n) is 6.50. The minimum atomic E-state index is -3.60. The van der Waals surface area contributed by atoms with Gasteiger partial charge in [0.15, 0.2) is 0 Å². The molecule has 2 aromatic rings. The minimum absolute atomic E-state index is 0.364. The smallest absolute Gasteiger partial charge is 0.263 e. The average Bonchev–Trinajstić information content (AvgIpc) is 2.81. The lowest BCUT2D eigenvalue weighted by atomic mass is 10.3. The summed E-state index contributed by atoms with van der Waals surface area (Å²) in [6.07, 6.45) is 0. The van der Waals surface area contributed by atoms with E-state index in [0.29, 0.717) is 22.2 Å². The molecular formula is C14H17ClN2O2S2. The van der Waals surface area contributed by atoms with Crippen LogP contribution in [-0.2, 0) is 16.6 Å². The molecule has 21 heavy (non-hydrogen) atoms. The maximum absolute atomic E-state index is 12.6. The predicted octanol–water partition coefficient (Wildman–Crippen LogP) is 3.62. The van der Waals surface area contributed by atoms with Gasteiger partial charge in [-0.2, -0.15) is 0 Å². The van der Waals surface area contributed by atoms with E-state index >= 15 is 0 Å². The van der Waals surface area contributed by atoms with E-state index < -0.39 is 10.0 Å². The molecule has 4 nitrogen and oxygen atoms in total. The number of benzene rings is 1. The normalized spacial score (nSPS) is 11.6. The van der Waals surface area contributed by atoms with Gasteiger partial charge in [-0.05, 0) is 48.7 Å². The predicted molar refractivity (Wildman–Crippen MR) is 88.7 cm³/mol. The highest BCUT2D eigenvalue weighted by Crippen LogP contribution is 2.28. The monoisotopic (exact) mass is 344 g/mol. The topological polar surface area (TPSA) is 58.2 Å². The van der Waals surface area contributed by atoms with E-state index in [-0.39, 0.29) is 0 Å². The summed E-state index contributed by atoms with van der Waals surface area (Å²) in [7, 11) is -3.60. The van der Waals surface area contributed by atoms with Gasteiger partial charge < -0.3 is 5.32 Å². The van der Waals surface area contributed by atoms with Crippen LogP contribution in [0.25, 0.3) is 0 Å². The van der Waals surface area contributed by atoms with Gasteiger partial charge in [-0.15, -0.1) is 11.3 Å². The quantitative estimate of drug-likeness (QED) is 0.841. The summed E-state index contributed by atoms with van der Waals surface area (Å²) >= 11 is 7.26. The Morgan fingerprint density at radius 2 is 1.90 bits per heavy atom. The second kappa shape index (κ2) is 6.79. The van der Waals surface area contributed by atoms with E-state index in [9.17, 15) is 8.42 Å². The molecule has 0 saturated heterocycles. The molecule has 0 unspecified atom stereocenters. The fraction of sp³-hybridized carbons (Fsp3) is 0.286. The molecule has 1 aromatic carbocycles. The first kappa shape index (κ1) is 16.3. The third-order valence-electron chi connectivity index (χ3n) is 2.89. The van der Waals surface area contributed by atoms with Crippen molar-refractivity contribution >= 4 is 38.6 Å². The fourth-order valence-electron chi connectivity index (χ4n) is 1.93. The summed E-state index contributed by atoms with van der Waals surface area (Å²) in [5.41, 5.74) is 1.26. The molecule has 7 heteroatoms. The SMILES string of the molecule is CCNCc1scc(C)c1S(=O)(=O)Nc1ccc(Cl)cc1. The van der Waals surface area contributed by atoms with Crippen LogP contribution in [0.5, 0.6) is 0 Å². The second-order valence-corrected chi connectivity index (χ2v) is 7.58. The van der Waals surface area contributed by atoms with Crippen LogP contribution in [0.15, 0.2) is 34.5 Å². The van der Waals surface area contributed by atoms with E-state index in [1.165, 1.54) is 11.3 Å². The van der Waals surface area contributed by atoms with Crippen molar-refractivity contribution in [1.82, 2.24) is 5.32 Å². The molecule has 0 atom stereocenters. The van der Waals surface area contributed by atoms with Gasteiger partial charge in [-0.25, -0.2) is 8.42 Å². The number of thiophene rings is 1. The van der Waals surface area contributed by atoms with Gasteiger partial charge in [0.2, 0.25) is 0 Å². The molecular weight excluding hydrogens is 328 g/mol. The van der Waals surface area contributed by atoms with Gasteiger partial charge in [0.05, 0.1) is 0 Å². The zero-order valence-corrected chi connectivity index (χ0v) is 14.2. The molecule has 0 radical (unpaired) electrons. The molecule has 114 valence electrons. The van der Waals surface area contributed by atoms with Crippen LogP contribution in [0.1, 0.15) is 17.4 Å². The number of anilines is 1. The molecule has 0 fully saturated rings. The number of hydrogen-bond acceptors (Lipinski definition) is 4. The zero-order chi connectivity index (χ0) is 15.5. The van der Waals surface area contributed by atoms with Crippen molar-refractivity contribution < 1.29 is 8.42 Å². The van der Waals surface area contributed by atoms with Crippen LogP contribution < -0.4 is 10.0 Å². The van der Waals surface area contributed by atoms with Crippen LogP contribution in [0, 0.1) is 6.92 Å². The Bertz CT molecular complexity index is 709. The van der Waals surface area contributed by atoms with Crippen LogP contribution >= 0.6 is 22.9 Å². The molecule has 0 saturated carbocycles. The zero-order valence-electron chi connectivity index (χ0n) is 11.8. The van der Waals surface area contributed by atoms with E-state index in [2.05, 4.69) is 10.0 Å². The third kappa shape index (κ3) is 3.97. The lowest BCUT2D eigenvalue weighted by Gasteiger charge is -2.10. The highest BCUT2D eigenvalue weighted by molar-refractivity contribution is 7.93. The number of nitrogens with one attached hydrogen (secondary N) is 2. The maximum atomic E-state index is 12.6. The van der Waals surface area contributed by atoms with Crippen molar-refractivity contribution in [2.75, 3.05) is 11.3 Å². The van der Waals surface area contributed by atoms with Gasteiger partial charge >= 0.3 is 0 Å². The molecule has 0 aliphatic carbocycles. The van der Waals surface area contributed by atoms with Crippen LogP contribution in [0.4, 0.5) is 5.69 Å². The number of halogens is 1. The number of rotatable bonds is 6. The Kier molecular flexibility index (Phi) is 5.27. The molecule has 0 bridgehead atoms. The fourth-order valence-corrected chi connectivity index (χ4v) is 4.90. The summed E-state index contributed by atoms with van der Waals surface area (Å²) in [6, 6.07) is 6.59. The Labute approximate surface area is 134 Å². The maximum Gasteiger partial charge on any atom is 0.263 e. The molecule has 1 heterocycles. The molecule has 0 spiro atoms. The van der Waals surface area contributed by atoms with E-state index in [0.717, 1.165) is 17.0 Å². The van der Waals surface area contributed by atoms with Crippen molar-refractivity contribution in [3.63, 3.8) is 0 Å². The van der Waals surface area contributed by atoms with Crippen molar-refractivity contribution in [2.24, 2.45) is 0 Å². The van der Waals surface area contributed by atoms with Crippen LogP contribution in [-0.4, -0.2) is 15.0 Å². The van der Waals surface area contributed by atoms with Crippen molar-refractivity contribution in [2.45, 2.75) is 25.3 Å². The van der Waals surface area contributed by atoms with Gasteiger partial charge in [-0.1, -0.05) is 18.5 Å². The summed E-state index contributed by atoms with van der Waals surface area (Å²) in [5.74, 6) is 0. The largest absolute Gasteiger partial charge is 0.312 e. The Balaban J connectivity index is 2.31. The Hall–Kier alpha value is -1.08. The molecule has 0 aliphatic rings. The average molecular weight is 345 g/mol. The van der Waals surface area contributed by atoms with Crippen molar-refractivity contribution in [3.8, 4) is 0 Å². The summed E-state index contributed by atoms with van der Waals surface area (Å²) in [5, 5.41) is 5.59. The van der Waals surface area contributed by atoms with Crippen LogP contribution in [0.2, 0.25) is 5.02 Å². The first-order valence-corrected chi connectivity index (χ1v) is 9.24. The van der Waals surface area contributed by atoms with E-state index in [4.69, 9.17) is 11.6 Å². The summed E-state index contributed by atoms with van der Waals surface area (Å²) in [4.78, 5) is 1.18. The highest BCUT2D eigenvalue weighted by atomic mass is 35.5. The van der Waals surface area contributed by atoms with Crippen molar-refractivity contribution in [1.29, 1.82) is 0 Å². The molecule has 1 aromatic heterocycles. The summed E-state index contributed by atoms with van der Waals surface area (Å²) in [6.45, 7) is 5.13. The van der Waals surface area contributed by atoms with Gasteiger partial charge in [0.1, 0.15) is 4.90 Å². The van der Waals surface area contributed by atoms with Gasteiger partial charge in [0.25, 0.3) is 10.0 Å². The minimum Gasteiger partial charge on any atom is -0.312 e. The van der Waals surface area contributed by atoms with Gasteiger partial charge in [0, 0.05) is 22.1 Å². The number of sulfonamides is 1. The van der Waals surface area contributed by atoms with E-state index in [1.807, 2.05) is 19.2 Å². The highest BCUT2D eigenvalue weighted by Gasteiger charge is 2.22. The molecule has 2 N–H and O–H groups in total. The third-order valence-corrected chi connectivity index (χ3v) is 5.99. The number of hydrogen-bond donors (Lipinski definition) is 2. The Morgan fingerprint density at radius 1 is 1.24 bits per heavy atom. The molecule has 0 amide bonds. The lowest BCUT2D eigenvalue weighted by Crippen LogP contribution is -2.18. The van der Waals surface area contributed by atoms with E-state index in [1.54, 1.807) is 24.3 Å². The standard InChI is InChI=1S/C14H17ClN2O2S2/c1-3-16-8-13-14(10(2)9-20-13)21(18,19)17-12-6-4-11(15)5-7-12/h4-7,9,16-17H,3,8H2,1-2H3. The first-order chi connectivity index (χ1) is 9.94. The lowest BCUT2D eigenvalue weighted by molar-refractivity contribution is 0.599. The number of aryl methyl sites for hydroxylation is 1. The Morgan fingerprint density at radius 3 is 2.52 bits per heavy atom. The second-order valence-electron chi connectivity index (χ2n) is 4.56. The molecule has 0 aliphatic heterocycles.